The van der Waals surface area contributed by atoms with E-state index in [1.165, 1.54) is 11.3 Å². The second-order valence-electron chi connectivity index (χ2n) is 8.45. The van der Waals surface area contributed by atoms with E-state index in [1.807, 2.05) is 12.0 Å². The molecule has 10 heteroatoms. The Morgan fingerprint density at radius 1 is 1.15 bits per heavy atom. The highest BCUT2D eigenvalue weighted by Crippen LogP contribution is 2.31. The summed E-state index contributed by atoms with van der Waals surface area (Å²) in [4.78, 5) is 26.9. The summed E-state index contributed by atoms with van der Waals surface area (Å²) in [5.74, 6) is 0.0299. The normalized spacial score (nSPS) is 14.6. The van der Waals surface area contributed by atoms with Crippen LogP contribution >= 0.6 is 0 Å². The summed E-state index contributed by atoms with van der Waals surface area (Å²) in [5, 5.41) is 8.08. The van der Waals surface area contributed by atoms with Gasteiger partial charge in [-0.15, -0.1) is 0 Å². The highest BCUT2D eigenvalue weighted by molar-refractivity contribution is 5.96. The summed E-state index contributed by atoms with van der Waals surface area (Å²) in [6.45, 7) is 2.91. The van der Waals surface area contributed by atoms with Crippen LogP contribution in [0.1, 0.15) is 71.9 Å². The number of benzene rings is 1. The van der Waals surface area contributed by atoms with Crippen molar-refractivity contribution in [2.24, 2.45) is 5.92 Å². The van der Waals surface area contributed by atoms with Crippen LogP contribution in [0, 0.1) is 5.92 Å². The van der Waals surface area contributed by atoms with Gasteiger partial charge in [0.2, 0.25) is 0 Å². The number of hydrogen-bond donors (Lipinski definition) is 2. The van der Waals surface area contributed by atoms with E-state index < -0.39 is 23.3 Å². The maximum absolute atomic E-state index is 13.3. The lowest BCUT2D eigenvalue weighted by atomic mass is 9.87. The third-order valence-electron chi connectivity index (χ3n) is 6.07. The minimum absolute atomic E-state index is 0.0940. The van der Waals surface area contributed by atoms with Gasteiger partial charge in [-0.25, -0.2) is 0 Å². The molecule has 186 valence electrons. The third-order valence-corrected chi connectivity index (χ3v) is 6.07. The summed E-state index contributed by atoms with van der Waals surface area (Å²) in [6.07, 6.45) is 2.52. The van der Waals surface area contributed by atoms with E-state index in [9.17, 15) is 22.8 Å². The molecule has 34 heavy (non-hydrogen) atoms. The molecule has 1 fully saturated rings. The highest BCUT2D eigenvalue weighted by Gasteiger charge is 2.38. The Labute approximate surface area is 197 Å². The standard InChI is InChI=1S/C24H31F3N4O3/c1-2-34-19-10-8-18(9-11-19)22(32)28-13-15-31(14-12-17-6-4-3-5-7-17)23(33)20-16-29-30-21(20)24(25,26)27/h8-11,16-17H,2-7,12-15H2,1H3,(H,28,32)(H,29,30). The quantitative estimate of drug-likeness (QED) is 0.517. The molecular weight excluding hydrogens is 449 g/mol. The van der Waals surface area contributed by atoms with E-state index in [2.05, 4.69) is 10.4 Å². The number of alkyl halides is 3. The fraction of sp³-hybridized carbons (Fsp3) is 0.542. The van der Waals surface area contributed by atoms with Gasteiger partial charge in [0.05, 0.1) is 18.4 Å². The van der Waals surface area contributed by atoms with Crippen molar-refractivity contribution < 1.29 is 27.5 Å². The van der Waals surface area contributed by atoms with Crippen LogP contribution in [-0.4, -0.2) is 53.2 Å². The van der Waals surface area contributed by atoms with Crippen molar-refractivity contribution in [1.29, 1.82) is 0 Å². The zero-order valence-electron chi connectivity index (χ0n) is 19.3. The van der Waals surface area contributed by atoms with E-state index in [1.54, 1.807) is 24.3 Å². The van der Waals surface area contributed by atoms with Crippen molar-refractivity contribution >= 4 is 11.8 Å². The van der Waals surface area contributed by atoms with Crippen molar-refractivity contribution in [3.05, 3.63) is 47.3 Å². The molecule has 0 radical (unpaired) electrons. The number of H-pyrrole nitrogens is 1. The predicted octanol–water partition coefficient (Wildman–Crippen LogP) is 4.67. The van der Waals surface area contributed by atoms with Crippen LogP contribution < -0.4 is 10.1 Å². The molecule has 0 bridgehead atoms. The summed E-state index contributed by atoms with van der Waals surface area (Å²) < 4.78 is 45.3. The number of hydrogen-bond acceptors (Lipinski definition) is 4. The SMILES string of the molecule is CCOc1ccc(C(=O)NCCN(CCC2CCCCC2)C(=O)c2cn[nH]c2C(F)(F)F)cc1. The fourth-order valence-corrected chi connectivity index (χ4v) is 4.24. The summed E-state index contributed by atoms with van der Waals surface area (Å²) in [7, 11) is 0. The third kappa shape index (κ3) is 6.98. The second kappa shape index (κ2) is 11.9. The Morgan fingerprint density at radius 2 is 1.85 bits per heavy atom. The molecule has 0 unspecified atom stereocenters. The van der Waals surface area contributed by atoms with Gasteiger partial charge in [0.15, 0.2) is 5.69 Å². The highest BCUT2D eigenvalue weighted by atomic mass is 19.4. The molecule has 1 heterocycles. The van der Waals surface area contributed by atoms with Crippen LogP contribution in [0.3, 0.4) is 0 Å². The molecule has 2 aromatic rings. The van der Waals surface area contributed by atoms with Crippen LogP contribution in [0.25, 0.3) is 0 Å². The van der Waals surface area contributed by atoms with Gasteiger partial charge in [0, 0.05) is 25.2 Å². The lowest BCUT2D eigenvalue weighted by Gasteiger charge is -2.27. The van der Waals surface area contributed by atoms with Gasteiger partial charge in [-0.05, 0) is 43.5 Å². The maximum Gasteiger partial charge on any atom is 0.433 e. The number of halogens is 3. The van der Waals surface area contributed by atoms with Crippen molar-refractivity contribution in [3.63, 3.8) is 0 Å². The Hall–Kier alpha value is -3.04. The lowest BCUT2D eigenvalue weighted by molar-refractivity contribution is -0.141. The summed E-state index contributed by atoms with van der Waals surface area (Å²) >= 11 is 0. The number of amides is 2. The summed E-state index contributed by atoms with van der Waals surface area (Å²) in [5.41, 5.74) is -1.23. The number of nitrogens with zero attached hydrogens (tertiary/aromatic N) is 2. The van der Waals surface area contributed by atoms with Gasteiger partial charge in [-0.3, -0.25) is 14.7 Å². The minimum Gasteiger partial charge on any atom is -0.494 e. The first-order valence-corrected chi connectivity index (χ1v) is 11.7. The smallest absolute Gasteiger partial charge is 0.433 e. The van der Waals surface area contributed by atoms with Crippen molar-refractivity contribution in [3.8, 4) is 5.75 Å². The topological polar surface area (TPSA) is 87.3 Å². The Balaban J connectivity index is 1.64. The average Bonchev–Trinajstić information content (AvgIpc) is 3.33. The number of carbonyl (C=O) groups excluding carboxylic acids is 2. The molecule has 2 amide bonds. The van der Waals surface area contributed by atoms with E-state index in [-0.39, 0.29) is 19.0 Å². The van der Waals surface area contributed by atoms with Gasteiger partial charge in [0.25, 0.3) is 11.8 Å². The first-order chi connectivity index (χ1) is 16.3. The van der Waals surface area contributed by atoms with Crippen LogP contribution in [0.5, 0.6) is 5.75 Å². The Morgan fingerprint density at radius 3 is 2.50 bits per heavy atom. The average molecular weight is 481 g/mol. The van der Waals surface area contributed by atoms with Gasteiger partial charge >= 0.3 is 6.18 Å². The molecular formula is C24H31F3N4O3. The predicted molar refractivity (Wildman–Crippen MR) is 121 cm³/mol. The minimum atomic E-state index is -4.71. The van der Waals surface area contributed by atoms with Crippen molar-refractivity contribution in [2.75, 3.05) is 26.2 Å². The largest absolute Gasteiger partial charge is 0.494 e. The molecule has 3 rings (SSSR count). The van der Waals surface area contributed by atoms with Crippen LogP contribution in [0.2, 0.25) is 0 Å². The summed E-state index contributed by atoms with van der Waals surface area (Å²) in [6, 6.07) is 6.65. The first-order valence-electron chi connectivity index (χ1n) is 11.7. The van der Waals surface area contributed by atoms with Gasteiger partial charge < -0.3 is 15.0 Å². The second-order valence-corrected chi connectivity index (χ2v) is 8.45. The van der Waals surface area contributed by atoms with Crippen LogP contribution in [-0.2, 0) is 6.18 Å². The van der Waals surface area contributed by atoms with E-state index >= 15 is 0 Å². The van der Waals surface area contributed by atoms with E-state index in [4.69, 9.17) is 4.74 Å². The van der Waals surface area contributed by atoms with Crippen molar-refractivity contribution in [1.82, 2.24) is 20.4 Å². The van der Waals surface area contributed by atoms with Crippen LogP contribution in [0.15, 0.2) is 30.5 Å². The molecule has 7 nitrogen and oxygen atoms in total. The maximum atomic E-state index is 13.3. The first kappa shape index (κ1) is 25.6. The molecule has 1 aromatic heterocycles. The van der Waals surface area contributed by atoms with Gasteiger partial charge in [-0.2, -0.15) is 18.3 Å². The number of rotatable bonds is 10. The molecule has 0 atom stereocenters. The number of aromatic nitrogens is 2. The van der Waals surface area contributed by atoms with Gasteiger partial charge in [0.1, 0.15) is 5.75 Å². The van der Waals surface area contributed by atoms with E-state index in [0.29, 0.717) is 30.4 Å². The monoisotopic (exact) mass is 480 g/mol. The van der Waals surface area contributed by atoms with Crippen LogP contribution in [0.4, 0.5) is 13.2 Å². The van der Waals surface area contributed by atoms with Crippen molar-refractivity contribution in [2.45, 2.75) is 51.6 Å². The molecule has 1 saturated carbocycles. The molecule has 0 spiro atoms. The zero-order chi connectivity index (χ0) is 24.6. The molecule has 1 aliphatic rings. The Bertz CT molecular complexity index is 938. The zero-order valence-corrected chi connectivity index (χ0v) is 19.3. The van der Waals surface area contributed by atoms with E-state index in [0.717, 1.165) is 38.3 Å². The molecule has 0 saturated heterocycles. The lowest BCUT2D eigenvalue weighted by Crippen LogP contribution is -2.40. The van der Waals surface area contributed by atoms with Gasteiger partial charge in [-0.1, -0.05) is 32.1 Å². The molecule has 0 aliphatic heterocycles. The molecule has 1 aliphatic carbocycles. The number of nitrogens with one attached hydrogen (secondary N) is 2. The fourth-order valence-electron chi connectivity index (χ4n) is 4.24. The Kier molecular flexibility index (Phi) is 8.95. The number of ether oxygens (including phenoxy) is 1. The molecule has 1 aromatic carbocycles. The molecule has 2 N–H and O–H groups in total. The number of aromatic amines is 1. The number of carbonyl (C=O) groups is 2.